The van der Waals surface area contributed by atoms with Crippen LogP contribution < -0.4 is 0 Å². The first-order chi connectivity index (χ1) is 13.2. The molecule has 2 N–H and O–H groups in total. The third kappa shape index (κ3) is 2.67. The second-order valence-electron chi connectivity index (χ2n) is 9.05. The number of aliphatic hydroxyl groups is 2. The molecule has 0 spiro atoms. The summed E-state index contributed by atoms with van der Waals surface area (Å²) in [7, 11) is 0. The number of carbonyl (C=O) groups excluding carboxylic acids is 1. The standard InChI is InChI=1S/C25H30O3/c1-4-24-16-23(3,27)25(28,20-8-6-5-7-9-20)15-21(24)12-10-19-14-18(17(2)26)11-13-22(19)24/h5-9,11,13-14,21,27-28H,4,10,12,15-16H2,1-3H3/t21-,23?,24?,25?/m1/s1. The molecule has 0 radical (unpaired) electrons. The van der Waals surface area contributed by atoms with Crippen LogP contribution in [0.4, 0.5) is 0 Å². The maximum absolute atomic E-state index is 11.8. The van der Waals surface area contributed by atoms with Gasteiger partial charge in [-0.1, -0.05) is 49.4 Å². The largest absolute Gasteiger partial charge is 0.387 e. The van der Waals surface area contributed by atoms with E-state index < -0.39 is 11.2 Å². The van der Waals surface area contributed by atoms with Crippen LogP contribution in [0, 0.1) is 5.92 Å². The zero-order valence-corrected chi connectivity index (χ0v) is 17.0. The molecule has 2 aromatic rings. The van der Waals surface area contributed by atoms with Gasteiger partial charge in [-0.05, 0) is 74.6 Å². The Kier molecular flexibility index (Phi) is 4.52. The molecule has 3 heteroatoms. The van der Waals surface area contributed by atoms with Crippen molar-refractivity contribution in [3.05, 3.63) is 70.8 Å². The van der Waals surface area contributed by atoms with Crippen LogP contribution in [-0.4, -0.2) is 21.6 Å². The van der Waals surface area contributed by atoms with Gasteiger partial charge in [0, 0.05) is 11.0 Å². The molecule has 2 aliphatic rings. The summed E-state index contributed by atoms with van der Waals surface area (Å²) in [5, 5.41) is 23.2. The van der Waals surface area contributed by atoms with Crippen LogP contribution in [0.15, 0.2) is 48.5 Å². The summed E-state index contributed by atoms with van der Waals surface area (Å²) in [6, 6.07) is 15.7. The average molecular weight is 379 g/mol. The molecular formula is C25H30O3. The SMILES string of the molecule is CCC12CC(C)(O)C(O)(c3ccccc3)C[C@H]1CCc1cc(C(C)=O)ccc12. The van der Waals surface area contributed by atoms with Gasteiger partial charge in [0.1, 0.15) is 5.60 Å². The molecule has 3 nitrogen and oxygen atoms in total. The second-order valence-corrected chi connectivity index (χ2v) is 9.05. The van der Waals surface area contributed by atoms with Crippen LogP contribution in [0.2, 0.25) is 0 Å². The van der Waals surface area contributed by atoms with Crippen LogP contribution in [0.1, 0.15) is 73.5 Å². The quantitative estimate of drug-likeness (QED) is 0.772. The summed E-state index contributed by atoms with van der Waals surface area (Å²) in [6.45, 7) is 5.57. The second kappa shape index (κ2) is 6.53. The van der Waals surface area contributed by atoms with Crippen LogP contribution in [0.3, 0.4) is 0 Å². The molecule has 1 fully saturated rings. The number of ketones is 1. The third-order valence-electron chi connectivity index (χ3n) is 7.57. The summed E-state index contributed by atoms with van der Waals surface area (Å²) >= 11 is 0. The van der Waals surface area contributed by atoms with E-state index in [1.807, 2.05) is 42.5 Å². The Morgan fingerprint density at radius 1 is 1.14 bits per heavy atom. The highest BCUT2D eigenvalue weighted by molar-refractivity contribution is 5.94. The van der Waals surface area contributed by atoms with Crippen molar-refractivity contribution in [3.63, 3.8) is 0 Å². The summed E-state index contributed by atoms with van der Waals surface area (Å²) in [5.41, 5.74) is 1.36. The van der Waals surface area contributed by atoms with E-state index in [1.54, 1.807) is 13.8 Å². The molecule has 0 amide bonds. The third-order valence-corrected chi connectivity index (χ3v) is 7.57. The smallest absolute Gasteiger partial charge is 0.159 e. The topological polar surface area (TPSA) is 57.5 Å². The lowest BCUT2D eigenvalue weighted by Gasteiger charge is -2.59. The van der Waals surface area contributed by atoms with Crippen molar-refractivity contribution in [2.24, 2.45) is 5.92 Å². The van der Waals surface area contributed by atoms with Crippen molar-refractivity contribution >= 4 is 5.78 Å². The predicted octanol–water partition coefficient (Wildman–Crippen LogP) is 4.53. The number of fused-ring (bicyclic) bond motifs is 3. The molecule has 4 rings (SSSR count). The Bertz CT molecular complexity index is 901. The molecule has 2 aromatic carbocycles. The van der Waals surface area contributed by atoms with Crippen molar-refractivity contribution in [1.29, 1.82) is 0 Å². The summed E-state index contributed by atoms with van der Waals surface area (Å²) in [6.07, 6.45) is 3.85. The minimum absolute atomic E-state index is 0.0876. The fraction of sp³-hybridized carbons (Fsp3) is 0.480. The Hall–Kier alpha value is -1.97. The van der Waals surface area contributed by atoms with Gasteiger partial charge in [0.25, 0.3) is 0 Å². The van der Waals surface area contributed by atoms with Gasteiger partial charge in [0.05, 0.1) is 5.60 Å². The van der Waals surface area contributed by atoms with Crippen molar-refractivity contribution in [2.75, 3.05) is 0 Å². The van der Waals surface area contributed by atoms with Crippen LogP contribution in [-0.2, 0) is 17.4 Å². The van der Waals surface area contributed by atoms with Crippen molar-refractivity contribution < 1.29 is 15.0 Å². The molecule has 1 saturated carbocycles. The fourth-order valence-corrected chi connectivity index (χ4v) is 5.95. The van der Waals surface area contributed by atoms with Gasteiger partial charge in [-0.25, -0.2) is 0 Å². The lowest BCUT2D eigenvalue weighted by Crippen LogP contribution is -2.62. The van der Waals surface area contributed by atoms with Gasteiger partial charge in [0.2, 0.25) is 0 Å². The fourth-order valence-electron chi connectivity index (χ4n) is 5.95. The molecule has 2 aliphatic carbocycles. The number of carbonyl (C=O) groups is 1. The molecule has 0 heterocycles. The van der Waals surface area contributed by atoms with E-state index in [0.717, 1.165) is 30.4 Å². The van der Waals surface area contributed by atoms with Gasteiger partial charge in [0.15, 0.2) is 5.78 Å². The van der Waals surface area contributed by atoms with E-state index >= 15 is 0 Å². The van der Waals surface area contributed by atoms with E-state index in [1.165, 1.54) is 11.1 Å². The minimum Gasteiger partial charge on any atom is -0.387 e. The predicted molar refractivity (Wildman–Crippen MR) is 110 cm³/mol. The average Bonchev–Trinajstić information content (AvgIpc) is 2.69. The molecule has 28 heavy (non-hydrogen) atoms. The van der Waals surface area contributed by atoms with E-state index in [4.69, 9.17) is 0 Å². The van der Waals surface area contributed by atoms with Crippen LogP contribution in [0.5, 0.6) is 0 Å². The lowest BCUT2D eigenvalue weighted by atomic mass is 9.49. The number of benzene rings is 2. The molecule has 3 unspecified atom stereocenters. The molecular weight excluding hydrogens is 348 g/mol. The van der Waals surface area contributed by atoms with Crippen LogP contribution >= 0.6 is 0 Å². The van der Waals surface area contributed by atoms with Crippen molar-refractivity contribution in [3.8, 4) is 0 Å². The molecule has 0 bridgehead atoms. The van der Waals surface area contributed by atoms with Gasteiger partial charge >= 0.3 is 0 Å². The number of Topliss-reactive ketones (excluding diaryl/α,β-unsaturated/α-hetero) is 1. The molecule has 0 aromatic heterocycles. The highest BCUT2D eigenvalue weighted by atomic mass is 16.4. The first kappa shape index (κ1) is 19.4. The zero-order chi connectivity index (χ0) is 20.2. The normalized spacial score (nSPS) is 34.4. The van der Waals surface area contributed by atoms with E-state index in [2.05, 4.69) is 13.0 Å². The Labute approximate surface area is 167 Å². The summed E-state index contributed by atoms with van der Waals surface area (Å²) in [5.74, 6) is 0.378. The van der Waals surface area contributed by atoms with Gasteiger partial charge in [-0.15, -0.1) is 0 Å². The number of hydrogen-bond donors (Lipinski definition) is 2. The highest BCUT2D eigenvalue weighted by Gasteiger charge is 2.60. The van der Waals surface area contributed by atoms with E-state index in [0.29, 0.717) is 18.8 Å². The van der Waals surface area contributed by atoms with E-state index in [-0.39, 0.29) is 11.2 Å². The van der Waals surface area contributed by atoms with Gasteiger partial charge in [-0.3, -0.25) is 4.79 Å². The maximum Gasteiger partial charge on any atom is 0.159 e. The number of rotatable bonds is 3. The Morgan fingerprint density at radius 2 is 1.86 bits per heavy atom. The molecule has 148 valence electrons. The monoisotopic (exact) mass is 378 g/mol. The Morgan fingerprint density at radius 3 is 2.50 bits per heavy atom. The summed E-state index contributed by atoms with van der Waals surface area (Å²) in [4.78, 5) is 11.8. The Balaban J connectivity index is 1.81. The first-order valence-corrected chi connectivity index (χ1v) is 10.4. The maximum atomic E-state index is 11.8. The van der Waals surface area contributed by atoms with Crippen molar-refractivity contribution in [2.45, 2.75) is 69.5 Å². The summed E-state index contributed by atoms with van der Waals surface area (Å²) < 4.78 is 0. The van der Waals surface area contributed by atoms with Gasteiger partial charge in [-0.2, -0.15) is 0 Å². The van der Waals surface area contributed by atoms with Crippen LogP contribution in [0.25, 0.3) is 0 Å². The molecule has 4 atom stereocenters. The number of aryl methyl sites for hydroxylation is 1. The van der Waals surface area contributed by atoms with Gasteiger partial charge < -0.3 is 10.2 Å². The lowest BCUT2D eigenvalue weighted by molar-refractivity contribution is -0.205. The highest BCUT2D eigenvalue weighted by Crippen LogP contribution is 2.59. The number of hydrogen-bond acceptors (Lipinski definition) is 3. The molecule has 0 aliphatic heterocycles. The van der Waals surface area contributed by atoms with E-state index in [9.17, 15) is 15.0 Å². The van der Waals surface area contributed by atoms with Crippen molar-refractivity contribution in [1.82, 2.24) is 0 Å². The zero-order valence-electron chi connectivity index (χ0n) is 17.0. The molecule has 0 saturated heterocycles. The first-order valence-electron chi connectivity index (χ1n) is 10.4. The minimum atomic E-state index is -1.26.